The van der Waals surface area contributed by atoms with E-state index in [0.717, 1.165) is 37.1 Å². The van der Waals surface area contributed by atoms with Crippen molar-refractivity contribution in [3.05, 3.63) is 29.3 Å². The Morgan fingerprint density at radius 1 is 1.33 bits per heavy atom. The molecule has 0 saturated carbocycles. The van der Waals surface area contributed by atoms with E-state index in [1.807, 2.05) is 0 Å². The van der Waals surface area contributed by atoms with E-state index in [4.69, 9.17) is 9.84 Å². The van der Waals surface area contributed by atoms with Gasteiger partial charge in [0.2, 0.25) is 5.91 Å². The maximum atomic E-state index is 12.4. The van der Waals surface area contributed by atoms with Gasteiger partial charge in [0.05, 0.1) is 18.1 Å². The molecule has 0 aromatic heterocycles. The minimum absolute atomic E-state index is 0.0357. The van der Waals surface area contributed by atoms with E-state index in [0.29, 0.717) is 19.4 Å². The summed E-state index contributed by atoms with van der Waals surface area (Å²) in [5.74, 6) is -0.859. The molecule has 1 aromatic carbocycles. The quantitative estimate of drug-likeness (QED) is 0.926. The van der Waals surface area contributed by atoms with Gasteiger partial charge >= 0.3 is 5.97 Å². The summed E-state index contributed by atoms with van der Waals surface area (Å²) in [6.07, 6.45) is 4.32. The van der Waals surface area contributed by atoms with E-state index in [1.165, 1.54) is 0 Å². The zero-order chi connectivity index (χ0) is 14.8. The van der Waals surface area contributed by atoms with Crippen molar-refractivity contribution in [3.63, 3.8) is 0 Å². The topological polar surface area (TPSA) is 66.8 Å². The predicted molar refractivity (Wildman–Crippen MR) is 77.7 cm³/mol. The molecule has 0 aliphatic carbocycles. The summed E-state index contributed by atoms with van der Waals surface area (Å²) in [6.45, 7) is 1.38. The van der Waals surface area contributed by atoms with E-state index < -0.39 is 5.97 Å². The highest BCUT2D eigenvalue weighted by Crippen LogP contribution is 2.30. The Kier molecular flexibility index (Phi) is 3.92. The third-order valence-electron chi connectivity index (χ3n) is 4.20. The van der Waals surface area contributed by atoms with Crippen LogP contribution in [0.5, 0.6) is 0 Å². The van der Waals surface area contributed by atoms with Crippen LogP contribution in [0.2, 0.25) is 0 Å². The third kappa shape index (κ3) is 2.93. The van der Waals surface area contributed by atoms with Crippen LogP contribution in [0.4, 0.5) is 5.69 Å². The molecule has 0 spiro atoms. The van der Waals surface area contributed by atoms with Crippen molar-refractivity contribution in [1.82, 2.24) is 0 Å². The van der Waals surface area contributed by atoms with Gasteiger partial charge in [0.15, 0.2) is 0 Å². The number of hydrogen-bond acceptors (Lipinski definition) is 3. The van der Waals surface area contributed by atoms with E-state index in [9.17, 15) is 9.59 Å². The van der Waals surface area contributed by atoms with Gasteiger partial charge in [-0.3, -0.25) is 4.79 Å². The number of ether oxygens (including phenoxy) is 1. The third-order valence-corrected chi connectivity index (χ3v) is 4.20. The average molecular weight is 289 g/mol. The molecule has 3 rings (SSSR count). The number of hydrogen-bond donors (Lipinski definition) is 1. The number of nitrogens with zero attached hydrogens (tertiary/aromatic N) is 1. The fraction of sp³-hybridized carbons (Fsp3) is 0.500. The van der Waals surface area contributed by atoms with Crippen LogP contribution in [0.1, 0.15) is 41.6 Å². The number of carboxylic acid groups (broad SMARTS) is 1. The van der Waals surface area contributed by atoms with Crippen molar-refractivity contribution in [2.75, 3.05) is 18.1 Å². The Labute approximate surface area is 123 Å². The van der Waals surface area contributed by atoms with Crippen LogP contribution in [-0.4, -0.2) is 36.2 Å². The minimum atomic E-state index is -0.932. The summed E-state index contributed by atoms with van der Waals surface area (Å²) >= 11 is 0. The SMILES string of the molecule is O=C(O)c1ccc2c(c1)CCN2C(=O)CC1CCCCO1. The highest BCUT2D eigenvalue weighted by Gasteiger charge is 2.28. The fourth-order valence-corrected chi connectivity index (χ4v) is 3.07. The first-order valence-electron chi connectivity index (χ1n) is 7.43. The highest BCUT2D eigenvalue weighted by molar-refractivity contribution is 5.97. The molecule has 1 saturated heterocycles. The first-order valence-corrected chi connectivity index (χ1v) is 7.43. The zero-order valence-corrected chi connectivity index (χ0v) is 11.9. The number of anilines is 1. The number of aromatic carboxylic acids is 1. The van der Waals surface area contributed by atoms with Gasteiger partial charge in [-0.25, -0.2) is 4.79 Å². The molecule has 2 aliphatic rings. The van der Waals surface area contributed by atoms with Gasteiger partial charge in [-0.2, -0.15) is 0 Å². The van der Waals surface area contributed by atoms with Crippen molar-refractivity contribution in [2.45, 2.75) is 38.2 Å². The van der Waals surface area contributed by atoms with Crippen LogP contribution in [-0.2, 0) is 16.0 Å². The Morgan fingerprint density at radius 2 is 2.19 bits per heavy atom. The number of amides is 1. The highest BCUT2D eigenvalue weighted by atomic mass is 16.5. The van der Waals surface area contributed by atoms with Crippen LogP contribution in [0.15, 0.2) is 18.2 Å². The molecule has 21 heavy (non-hydrogen) atoms. The molecular formula is C16H19NO4. The summed E-state index contributed by atoms with van der Waals surface area (Å²) in [5, 5.41) is 9.01. The second-order valence-corrected chi connectivity index (χ2v) is 5.64. The Balaban J connectivity index is 1.71. The van der Waals surface area contributed by atoms with Crippen molar-refractivity contribution in [2.24, 2.45) is 0 Å². The maximum absolute atomic E-state index is 12.4. The molecule has 1 fully saturated rings. The van der Waals surface area contributed by atoms with Crippen molar-refractivity contribution < 1.29 is 19.4 Å². The van der Waals surface area contributed by atoms with Gasteiger partial charge in [0, 0.05) is 18.8 Å². The molecule has 1 unspecified atom stereocenters. The molecule has 5 heteroatoms. The molecule has 112 valence electrons. The predicted octanol–water partition coefficient (Wildman–Crippen LogP) is 2.23. The molecule has 5 nitrogen and oxygen atoms in total. The van der Waals surface area contributed by atoms with Gasteiger partial charge in [0.25, 0.3) is 0 Å². The van der Waals surface area contributed by atoms with Gasteiger partial charge in [-0.15, -0.1) is 0 Å². The van der Waals surface area contributed by atoms with E-state index in [1.54, 1.807) is 23.1 Å². The molecule has 2 heterocycles. The minimum Gasteiger partial charge on any atom is -0.478 e. The molecular weight excluding hydrogens is 270 g/mol. The summed E-state index contributed by atoms with van der Waals surface area (Å²) in [4.78, 5) is 25.2. The van der Waals surface area contributed by atoms with Crippen LogP contribution in [0.25, 0.3) is 0 Å². The number of rotatable bonds is 3. The molecule has 1 amide bonds. The van der Waals surface area contributed by atoms with Crippen LogP contribution in [0, 0.1) is 0 Å². The summed E-state index contributed by atoms with van der Waals surface area (Å²) in [7, 11) is 0. The maximum Gasteiger partial charge on any atom is 0.335 e. The largest absolute Gasteiger partial charge is 0.478 e. The molecule has 1 atom stereocenters. The Bertz CT molecular complexity index is 563. The lowest BCUT2D eigenvalue weighted by Crippen LogP contribution is -2.33. The summed E-state index contributed by atoms with van der Waals surface area (Å²) in [6, 6.07) is 4.97. The lowest BCUT2D eigenvalue weighted by atomic mass is 10.1. The average Bonchev–Trinajstić information content (AvgIpc) is 2.91. The first kappa shape index (κ1) is 14.1. The van der Waals surface area contributed by atoms with Crippen LogP contribution >= 0.6 is 0 Å². The number of carbonyl (C=O) groups excluding carboxylic acids is 1. The van der Waals surface area contributed by atoms with E-state index in [2.05, 4.69) is 0 Å². The van der Waals surface area contributed by atoms with Gasteiger partial charge in [-0.1, -0.05) is 0 Å². The molecule has 1 aromatic rings. The number of fused-ring (bicyclic) bond motifs is 1. The second-order valence-electron chi connectivity index (χ2n) is 5.64. The number of carbonyl (C=O) groups is 2. The molecule has 2 aliphatic heterocycles. The van der Waals surface area contributed by atoms with Crippen LogP contribution in [0.3, 0.4) is 0 Å². The second kappa shape index (κ2) is 5.85. The molecule has 0 radical (unpaired) electrons. The van der Waals surface area contributed by atoms with Gasteiger partial charge in [-0.05, 0) is 49.4 Å². The standard InChI is InChI=1S/C16H19NO4/c18-15(10-13-3-1-2-8-21-13)17-7-6-11-9-12(16(19)20)4-5-14(11)17/h4-5,9,13H,1-3,6-8,10H2,(H,19,20). The van der Waals surface area contributed by atoms with E-state index >= 15 is 0 Å². The summed E-state index contributed by atoms with van der Waals surface area (Å²) in [5.41, 5.74) is 2.06. The number of benzene rings is 1. The molecule has 0 bridgehead atoms. The van der Waals surface area contributed by atoms with Crippen LogP contribution < -0.4 is 4.90 Å². The normalized spacial score (nSPS) is 21.1. The number of carboxylic acids is 1. The van der Waals surface area contributed by atoms with Crippen molar-refractivity contribution in [3.8, 4) is 0 Å². The monoisotopic (exact) mass is 289 g/mol. The van der Waals surface area contributed by atoms with Gasteiger partial charge < -0.3 is 14.7 Å². The first-order chi connectivity index (χ1) is 10.1. The fourth-order valence-electron chi connectivity index (χ4n) is 3.07. The summed E-state index contributed by atoms with van der Waals surface area (Å²) < 4.78 is 5.62. The van der Waals surface area contributed by atoms with Gasteiger partial charge in [0.1, 0.15) is 0 Å². The van der Waals surface area contributed by atoms with E-state index in [-0.39, 0.29) is 17.6 Å². The Morgan fingerprint density at radius 3 is 2.90 bits per heavy atom. The lowest BCUT2D eigenvalue weighted by molar-refractivity contribution is -0.122. The Hall–Kier alpha value is -1.88. The van der Waals surface area contributed by atoms with Crippen molar-refractivity contribution in [1.29, 1.82) is 0 Å². The smallest absolute Gasteiger partial charge is 0.335 e. The molecule has 1 N–H and O–H groups in total. The van der Waals surface area contributed by atoms with Crippen molar-refractivity contribution >= 4 is 17.6 Å². The zero-order valence-electron chi connectivity index (χ0n) is 11.9. The lowest BCUT2D eigenvalue weighted by Gasteiger charge is -2.25.